The number of rotatable bonds is 7. The molecule has 1 aromatic heterocycles. The first-order valence-corrected chi connectivity index (χ1v) is 8.63. The summed E-state index contributed by atoms with van der Waals surface area (Å²) in [6, 6.07) is 4.76. The molecular weight excluding hydrogens is 302 g/mol. The topological polar surface area (TPSA) is 91.1 Å². The molecule has 0 bridgehead atoms. The molecule has 1 aromatic rings. The van der Waals surface area contributed by atoms with E-state index in [1.54, 1.807) is 27.7 Å². The molecule has 0 spiro atoms. The number of Topliss-reactive ketones (excluding diaryl/α,β-unsaturated/α-hetero) is 1. The first kappa shape index (κ1) is 18.3. The average molecular weight is 323 g/mol. The second-order valence-electron chi connectivity index (χ2n) is 5.13. The fraction of sp³-hybridized carbons (Fsp3) is 0.533. The summed E-state index contributed by atoms with van der Waals surface area (Å²) in [5.41, 5.74) is 0.277. The molecule has 22 heavy (non-hydrogen) atoms. The Labute approximate surface area is 131 Å². The van der Waals surface area contributed by atoms with Gasteiger partial charge in [0.2, 0.25) is 10.0 Å². The van der Waals surface area contributed by atoms with Gasteiger partial charge >= 0.3 is 0 Å². The summed E-state index contributed by atoms with van der Waals surface area (Å²) in [5, 5.41) is 9.15. The Bertz CT molecular complexity index is 656. The molecule has 0 aliphatic rings. The quantitative estimate of drug-likeness (QED) is 0.765. The number of ketones is 1. The molecule has 1 rings (SSSR count). The number of carbonyl (C=O) groups excluding carboxylic acids is 1. The van der Waals surface area contributed by atoms with Crippen molar-refractivity contribution in [3.63, 3.8) is 0 Å². The molecular formula is C15H21N3O3S. The van der Waals surface area contributed by atoms with Crippen molar-refractivity contribution >= 4 is 15.8 Å². The zero-order valence-corrected chi connectivity index (χ0v) is 14.1. The van der Waals surface area contributed by atoms with E-state index in [1.807, 2.05) is 6.07 Å². The number of hydrogen-bond donors (Lipinski definition) is 0. The Balaban J connectivity index is 3.15. The highest BCUT2D eigenvalue weighted by atomic mass is 32.2. The Kier molecular flexibility index (Phi) is 6.21. The second-order valence-corrected chi connectivity index (χ2v) is 7.07. The highest BCUT2D eigenvalue weighted by Crippen LogP contribution is 2.21. The molecule has 120 valence electrons. The smallest absolute Gasteiger partial charge is 0.244 e. The molecule has 0 radical (unpaired) electrons. The minimum absolute atomic E-state index is 0.0636. The summed E-state index contributed by atoms with van der Waals surface area (Å²) in [6.45, 7) is 7.68. The first-order valence-electron chi connectivity index (χ1n) is 7.18. The maximum Gasteiger partial charge on any atom is 0.244 e. The van der Waals surface area contributed by atoms with E-state index >= 15 is 0 Å². The first-order chi connectivity index (χ1) is 10.3. The number of aromatic nitrogens is 1. The summed E-state index contributed by atoms with van der Waals surface area (Å²) in [6.07, 6.45) is 1.21. The van der Waals surface area contributed by atoms with E-state index in [4.69, 9.17) is 5.26 Å². The molecule has 0 aliphatic heterocycles. The molecule has 6 nitrogen and oxygen atoms in total. The zero-order valence-electron chi connectivity index (χ0n) is 13.3. The van der Waals surface area contributed by atoms with Crippen LogP contribution in [0.4, 0.5) is 0 Å². The molecule has 0 fully saturated rings. The van der Waals surface area contributed by atoms with Crippen LogP contribution in [-0.4, -0.2) is 36.6 Å². The molecule has 1 atom stereocenters. The SMILES string of the molecule is CCN(CC)S(=O)(=O)c1ccc([C@H](C#N)C(=O)C(C)C)nc1. The van der Waals surface area contributed by atoms with Crippen LogP contribution in [0.15, 0.2) is 23.2 Å². The van der Waals surface area contributed by atoms with Crippen LogP contribution in [-0.2, 0) is 14.8 Å². The van der Waals surface area contributed by atoms with E-state index in [0.717, 1.165) is 0 Å². The number of sulfonamides is 1. The summed E-state index contributed by atoms with van der Waals surface area (Å²) in [4.78, 5) is 16.1. The molecule has 0 aromatic carbocycles. The van der Waals surface area contributed by atoms with Gasteiger partial charge in [-0.05, 0) is 12.1 Å². The minimum Gasteiger partial charge on any atom is -0.297 e. The lowest BCUT2D eigenvalue weighted by Gasteiger charge is -2.18. The fourth-order valence-electron chi connectivity index (χ4n) is 2.04. The summed E-state index contributed by atoms with van der Waals surface area (Å²) >= 11 is 0. The van der Waals surface area contributed by atoms with Crippen molar-refractivity contribution in [3.8, 4) is 6.07 Å². The van der Waals surface area contributed by atoms with Crippen LogP contribution in [0, 0.1) is 17.2 Å². The minimum atomic E-state index is -3.58. The maximum absolute atomic E-state index is 12.3. The van der Waals surface area contributed by atoms with Crippen molar-refractivity contribution in [1.29, 1.82) is 5.26 Å². The molecule has 0 N–H and O–H groups in total. The van der Waals surface area contributed by atoms with Crippen LogP contribution in [0.5, 0.6) is 0 Å². The molecule has 0 amide bonds. The van der Waals surface area contributed by atoms with Gasteiger partial charge in [0.15, 0.2) is 5.78 Å². The Morgan fingerprint density at radius 1 is 1.32 bits per heavy atom. The van der Waals surface area contributed by atoms with Crippen LogP contribution in [0.1, 0.15) is 39.3 Å². The fourth-order valence-corrected chi connectivity index (χ4v) is 3.44. The van der Waals surface area contributed by atoms with E-state index in [-0.39, 0.29) is 22.3 Å². The number of nitriles is 1. The number of carbonyl (C=O) groups is 1. The standard InChI is InChI=1S/C15H21N3O3S/c1-5-18(6-2)22(20,21)12-7-8-14(17-10-12)13(9-16)15(19)11(3)4/h7-8,10-11,13H,5-6H2,1-4H3/t13-/m0/s1. The third kappa shape index (κ3) is 3.70. The molecule has 0 unspecified atom stereocenters. The van der Waals surface area contributed by atoms with Crippen molar-refractivity contribution in [2.24, 2.45) is 5.92 Å². The average Bonchev–Trinajstić information content (AvgIpc) is 2.49. The third-order valence-electron chi connectivity index (χ3n) is 3.38. The van der Waals surface area contributed by atoms with Gasteiger partial charge in [-0.1, -0.05) is 27.7 Å². The van der Waals surface area contributed by atoms with Crippen LogP contribution >= 0.6 is 0 Å². The van der Waals surface area contributed by atoms with Crippen LogP contribution < -0.4 is 0 Å². The van der Waals surface area contributed by atoms with E-state index in [1.165, 1.54) is 22.6 Å². The lowest BCUT2D eigenvalue weighted by atomic mass is 9.93. The van der Waals surface area contributed by atoms with E-state index < -0.39 is 15.9 Å². The third-order valence-corrected chi connectivity index (χ3v) is 5.41. The Morgan fingerprint density at radius 2 is 1.91 bits per heavy atom. The summed E-state index contributed by atoms with van der Waals surface area (Å²) in [5.74, 6) is -1.48. The Morgan fingerprint density at radius 3 is 2.27 bits per heavy atom. The van der Waals surface area contributed by atoms with Crippen LogP contribution in [0.2, 0.25) is 0 Å². The van der Waals surface area contributed by atoms with Crippen LogP contribution in [0.3, 0.4) is 0 Å². The van der Waals surface area contributed by atoms with E-state index in [2.05, 4.69) is 4.98 Å². The van der Waals surface area contributed by atoms with E-state index in [9.17, 15) is 13.2 Å². The van der Waals surface area contributed by atoms with Crippen molar-refractivity contribution in [1.82, 2.24) is 9.29 Å². The monoisotopic (exact) mass is 323 g/mol. The van der Waals surface area contributed by atoms with Gasteiger partial charge in [0.1, 0.15) is 10.8 Å². The molecule has 0 saturated heterocycles. The number of pyridine rings is 1. The van der Waals surface area contributed by atoms with Gasteiger partial charge in [-0.15, -0.1) is 0 Å². The number of nitrogens with zero attached hydrogens (tertiary/aromatic N) is 3. The van der Waals surface area contributed by atoms with Gasteiger partial charge in [-0.2, -0.15) is 9.57 Å². The molecule has 1 heterocycles. The van der Waals surface area contributed by atoms with E-state index in [0.29, 0.717) is 13.1 Å². The van der Waals surface area contributed by atoms with Crippen molar-refractivity contribution in [3.05, 3.63) is 24.0 Å². The zero-order chi connectivity index (χ0) is 16.9. The lowest BCUT2D eigenvalue weighted by Crippen LogP contribution is -2.30. The van der Waals surface area contributed by atoms with Gasteiger partial charge in [-0.3, -0.25) is 9.78 Å². The second kappa shape index (κ2) is 7.47. The van der Waals surface area contributed by atoms with Gasteiger partial charge in [0.25, 0.3) is 0 Å². The number of hydrogen-bond acceptors (Lipinski definition) is 5. The molecule has 0 aliphatic carbocycles. The lowest BCUT2D eigenvalue weighted by molar-refractivity contribution is -0.122. The van der Waals surface area contributed by atoms with Gasteiger partial charge in [-0.25, -0.2) is 8.42 Å². The summed E-state index contributed by atoms with van der Waals surface area (Å²) < 4.78 is 26.0. The van der Waals surface area contributed by atoms with Gasteiger partial charge in [0, 0.05) is 25.2 Å². The molecule has 7 heteroatoms. The van der Waals surface area contributed by atoms with Gasteiger partial charge in [0.05, 0.1) is 11.8 Å². The highest BCUT2D eigenvalue weighted by Gasteiger charge is 2.26. The maximum atomic E-state index is 12.3. The van der Waals surface area contributed by atoms with Crippen LogP contribution in [0.25, 0.3) is 0 Å². The summed E-state index contributed by atoms with van der Waals surface area (Å²) in [7, 11) is -3.58. The largest absolute Gasteiger partial charge is 0.297 e. The highest BCUT2D eigenvalue weighted by molar-refractivity contribution is 7.89. The Hall–Kier alpha value is -1.78. The van der Waals surface area contributed by atoms with Crippen molar-refractivity contribution in [2.45, 2.75) is 38.5 Å². The normalized spacial score (nSPS) is 13.1. The molecule has 0 saturated carbocycles. The predicted octanol–water partition coefficient (Wildman–Crippen LogP) is 1.94. The van der Waals surface area contributed by atoms with Gasteiger partial charge < -0.3 is 0 Å². The van der Waals surface area contributed by atoms with Crippen molar-refractivity contribution in [2.75, 3.05) is 13.1 Å². The van der Waals surface area contributed by atoms with Crippen molar-refractivity contribution < 1.29 is 13.2 Å². The predicted molar refractivity (Wildman–Crippen MR) is 82.5 cm³/mol.